The molecule has 2 N–H and O–H groups in total. The van der Waals surface area contributed by atoms with E-state index in [2.05, 4.69) is 35.2 Å². The van der Waals surface area contributed by atoms with E-state index >= 15 is 0 Å². The van der Waals surface area contributed by atoms with Crippen LogP contribution in [0.1, 0.15) is 32.6 Å². The quantitative estimate of drug-likeness (QED) is 0.366. The molecule has 0 unspecified atom stereocenters. The monoisotopic (exact) mass is 502 g/mol. The zero-order valence-corrected chi connectivity index (χ0v) is 21.2. The summed E-state index contributed by atoms with van der Waals surface area (Å²) in [7, 11) is -3.96. The number of carbonyl (C=O) groups is 1. The van der Waals surface area contributed by atoms with Gasteiger partial charge in [-0.1, -0.05) is 59.1 Å². The van der Waals surface area contributed by atoms with Crippen molar-refractivity contribution in [3.05, 3.63) is 93.5 Å². The average Bonchev–Trinajstić information content (AvgIpc) is 2.75. The lowest BCUT2D eigenvalue weighted by molar-refractivity contribution is 0.0956. The van der Waals surface area contributed by atoms with E-state index in [1.54, 1.807) is 17.8 Å². The summed E-state index contributed by atoms with van der Waals surface area (Å²) in [5.74, 6) is 1.27. The van der Waals surface area contributed by atoms with Crippen molar-refractivity contribution in [1.29, 1.82) is 0 Å². The van der Waals surface area contributed by atoms with Gasteiger partial charge in [-0.05, 0) is 56.2 Å². The van der Waals surface area contributed by atoms with Gasteiger partial charge in [-0.15, -0.1) is 0 Å². The Kier molecular flexibility index (Phi) is 8.46. The number of aryl methyl sites for hydroxylation is 3. The maximum absolute atomic E-state index is 13.0. The molecule has 0 aliphatic carbocycles. The summed E-state index contributed by atoms with van der Waals surface area (Å²) in [6.45, 7) is 6.30. The number of hydrogen-bond donors (Lipinski definition) is 2. The number of carbonyl (C=O) groups excluding carboxylic acids is 1. The summed E-state index contributed by atoms with van der Waals surface area (Å²) in [6.07, 6.45) is 0. The molecular weight excluding hydrogens is 476 g/mol. The molecule has 0 radical (unpaired) electrons. The van der Waals surface area contributed by atoms with Crippen molar-refractivity contribution in [3.8, 4) is 0 Å². The average molecular weight is 503 g/mol. The second-order valence-corrected chi connectivity index (χ2v) is 11.0. The minimum atomic E-state index is -3.96. The number of thioether (sulfide) groups is 1. The third-order valence-electron chi connectivity index (χ3n) is 4.99. The Morgan fingerprint density at radius 3 is 2.45 bits per heavy atom. The topological polar surface area (TPSA) is 75.3 Å². The fourth-order valence-corrected chi connectivity index (χ4v) is 5.77. The van der Waals surface area contributed by atoms with Gasteiger partial charge in [0.15, 0.2) is 0 Å². The van der Waals surface area contributed by atoms with E-state index in [1.807, 2.05) is 32.0 Å². The number of benzene rings is 3. The molecule has 3 aromatic rings. The van der Waals surface area contributed by atoms with Crippen LogP contribution in [-0.4, -0.2) is 26.6 Å². The molecule has 0 fully saturated rings. The molecule has 0 saturated heterocycles. The number of nitrogens with one attached hydrogen (secondary N) is 2. The fourth-order valence-electron chi connectivity index (χ4n) is 3.31. The summed E-state index contributed by atoms with van der Waals surface area (Å²) < 4.78 is 28.5. The first-order chi connectivity index (χ1) is 15.7. The Hall–Kier alpha value is -2.48. The predicted octanol–water partition coefficient (Wildman–Crippen LogP) is 5.73. The van der Waals surface area contributed by atoms with Gasteiger partial charge in [0.25, 0.3) is 15.9 Å². The second-order valence-electron chi connectivity index (χ2n) is 7.87. The molecule has 0 aromatic heterocycles. The first-order valence-corrected chi connectivity index (χ1v) is 13.5. The molecule has 0 heterocycles. The Labute approximate surface area is 205 Å². The van der Waals surface area contributed by atoms with Gasteiger partial charge in [0.2, 0.25) is 0 Å². The zero-order chi connectivity index (χ0) is 24.0. The number of anilines is 1. The van der Waals surface area contributed by atoms with E-state index < -0.39 is 10.0 Å². The molecule has 8 heteroatoms. The van der Waals surface area contributed by atoms with E-state index in [-0.39, 0.29) is 21.4 Å². The van der Waals surface area contributed by atoms with Crippen LogP contribution in [0.5, 0.6) is 0 Å². The highest BCUT2D eigenvalue weighted by molar-refractivity contribution is 7.98. The highest BCUT2D eigenvalue weighted by Gasteiger charge is 2.21. The highest BCUT2D eigenvalue weighted by Crippen LogP contribution is 2.26. The first-order valence-electron chi connectivity index (χ1n) is 10.5. The molecular formula is C25H27ClN2O3S2. The molecule has 3 aromatic carbocycles. The summed E-state index contributed by atoms with van der Waals surface area (Å²) in [4.78, 5) is 12.5. The van der Waals surface area contributed by atoms with Crippen molar-refractivity contribution in [2.45, 2.75) is 31.4 Å². The van der Waals surface area contributed by atoms with Crippen LogP contribution >= 0.6 is 23.4 Å². The molecule has 3 rings (SSSR count). The normalized spacial score (nSPS) is 11.3. The van der Waals surface area contributed by atoms with E-state index in [1.165, 1.54) is 29.3 Å². The number of hydrogen-bond acceptors (Lipinski definition) is 4. The summed E-state index contributed by atoms with van der Waals surface area (Å²) in [5.41, 5.74) is 5.01. The van der Waals surface area contributed by atoms with Crippen molar-refractivity contribution in [3.63, 3.8) is 0 Å². The third-order valence-corrected chi connectivity index (χ3v) is 7.87. The lowest BCUT2D eigenvalue weighted by Gasteiger charge is -2.13. The van der Waals surface area contributed by atoms with Crippen molar-refractivity contribution >= 4 is 45.0 Å². The highest BCUT2D eigenvalue weighted by atomic mass is 35.5. The van der Waals surface area contributed by atoms with E-state index in [9.17, 15) is 13.2 Å². The van der Waals surface area contributed by atoms with E-state index in [0.29, 0.717) is 12.2 Å². The van der Waals surface area contributed by atoms with Gasteiger partial charge < -0.3 is 5.32 Å². The minimum absolute atomic E-state index is 0.0533. The van der Waals surface area contributed by atoms with Crippen LogP contribution in [0.25, 0.3) is 0 Å². The van der Waals surface area contributed by atoms with Gasteiger partial charge in [-0.25, -0.2) is 8.42 Å². The standard InChI is InChI=1S/C25H27ClN2O3S2/c1-17-5-4-6-20(14-17)16-32-12-11-27-25(29)21-8-9-22(26)24(15-21)33(30,31)28-23-10-7-18(2)13-19(23)3/h4-10,13-15,28H,11-12,16H2,1-3H3,(H,27,29). The van der Waals surface area contributed by atoms with Gasteiger partial charge in [0.1, 0.15) is 4.90 Å². The van der Waals surface area contributed by atoms with Crippen LogP contribution in [-0.2, 0) is 15.8 Å². The summed E-state index contributed by atoms with van der Waals surface area (Å²) in [5, 5.41) is 2.89. The van der Waals surface area contributed by atoms with Gasteiger partial charge in [-0.3, -0.25) is 9.52 Å². The Balaban J connectivity index is 1.61. The van der Waals surface area contributed by atoms with Crippen molar-refractivity contribution in [2.75, 3.05) is 17.0 Å². The van der Waals surface area contributed by atoms with Gasteiger partial charge in [0, 0.05) is 23.6 Å². The van der Waals surface area contributed by atoms with Crippen LogP contribution in [0.2, 0.25) is 5.02 Å². The van der Waals surface area contributed by atoms with Gasteiger partial charge in [0.05, 0.1) is 10.7 Å². The third kappa shape index (κ3) is 7.00. The van der Waals surface area contributed by atoms with Crippen LogP contribution < -0.4 is 10.0 Å². The van der Waals surface area contributed by atoms with Crippen molar-refractivity contribution < 1.29 is 13.2 Å². The van der Waals surface area contributed by atoms with E-state index in [0.717, 1.165) is 22.6 Å². The molecule has 174 valence electrons. The minimum Gasteiger partial charge on any atom is -0.351 e. The van der Waals surface area contributed by atoms with Gasteiger partial charge >= 0.3 is 0 Å². The lowest BCUT2D eigenvalue weighted by Crippen LogP contribution is -2.26. The molecule has 0 aliphatic heterocycles. The van der Waals surface area contributed by atoms with Crippen molar-refractivity contribution in [2.24, 2.45) is 0 Å². The lowest BCUT2D eigenvalue weighted by atomic mass is 10.1. The molecule has 1 amide bonds. The fraction of sp³-hybridized carbons (Fsp3) is 0.240. The molecule has 0 atom stereocenters. The van der Waals surface area contributed by atoms with Crippen LogP contribution in [0.15, 0.2) is 65.6 Å². The maximum Gasteiger partial charge on any atom is 0.263 e. The Morgan fingerprint density at radius 1 is 0.970 bits per heavy atom. The smallest absolute Gasteiger partial charge is 0.263 e. The Bertz CT molecular complexity index is 1260. The van der Waals surface area contributed by atoms with Crippen molar-refractivity contribution in [1.82, 2.24) is 5.32 Å². The molecule has 0 aliphatic rings. The summed E-state index contributed by atoms with van der Waals surface area (Å²) in [6, 6.07) is 18.0. The maximum atomic E-state index is 13.0. The van der Waals surface area contributed by atoms with E-state index in [4.69, 9.17) is 11.6 Å². The number of sulfonamides is 1. The largest absolute Gasteiger partial charge is 0.351 e. The molecule has 0 spiro atoms. The molecule has 5 nitrogen and oxygen atoms in total. The number of amides is 1. The van der Waals surface area contributed by atoms with Gasteiger partial charge in [-0.2, -0.15) is 11.8 Å². The number of rotatable bonds is 9. The van der Waals surface area contributed by atoms with Crippen LogP contribution in [0, 0.1) is 20.8 Å². The summed E-state index contributed by atoms with van der Waals surface area (Å²) >= 11 is 7.90. The predicted molar refractivity (Wildman–Crippen MR) is 138 cm³/mol. The zero-order valence-electron chi connectivity index (χ0n) is 18.8. The molecule has 33 heavy (non-hydrogen) atoms. The van der Waals surface area contributed by atoms with Crippen LogP contribution in [0.3, 0.4) is 0 Å². The number of halogens is 1. The molecule has 0 saturated carbocycles. The van der Waals surface area contributed by atoms with Crippen LogP contribution in [0.4, 0.5) is 5.69 Å². The first kappa shape index (κ1) is 25.1. The second kappa shape index (κ2) is 11.1. The Morgan fingerprint density at radius 2 is 1.73 bits per heavy atom. The SMILES string of the molecule is Cc1cccc(CSCCNC(=O)c2ccc(Cl)c(S(=O)(=O)Nc3ccc(C)cc3C)c2)c1. The molecule has 0 bridgehead atoms.